The first-order chi connectivity index (χ1) is 9.11. The van der Waals surface area contributed by atoms with E-state index in [0.29, 0.717) is 11.5 Å². The van der Waals surface area contributed by atoms with Gasteiger partial charge < -0.3 is 4.74 Å². The third-order valence-electron chi connectivity index (χ3n) is 3.11. The Hall–Kier alpha value is -2.09. The third-order valence-corrected chi connectivity index (χ3v) is 3.11. The molecule has 0 saturated carbocycles. The maximum atomic E-state index is 10.8. The number of benzene rings is 2. The highest BCUT2D eigenvalue weighted by molar-refractivity contribution is 5.76. The molecule has 0 bridgehead atoms. The Morgan fingerprint density at radius 1 is 1.05 bits per heavy atom. The van der Waals surface area contributed by atoms with Gasteiger partial charge in [-0.05, 0) is 36.1 Å². The van der Waals surface area contributed by atoms with Gasteiger partial charge in [-0.2, -0.15) is 0 Å². The predicted molar refractivity (Wildman–Crippen MR) is 77.2 cm³/mol. The molecular weight excluding hydrogens is 236 g/mol. The molecule has 0 aliphatic heterocycles. The minimum atomic E-state index is 0.394. The zero-order chi connectivity index (χ0) is 13.8. The molecule has 0 atom stereocenters. The predicted octanol–water partition coefficient (Wildman–Crippen LogP) is 4.72. The van der Waals surface area contributed by atoms with E-state index in [1.807, 2.05) is 31.2 Å². The summed E-state index contributed by atoms with van der Waals surface area (Å²) in [7, 11) is 0. The van der Waals surface area contributed by atoms with Crippen molar-refractivity contribution in [3.8, 4) is 11.5 Å². The van der Waals surface area contributed by atoms with Crippen LogP contribution in [0.5, 0.6) is 11.5 Å². The SMILES string of the molecule is Cc1ccc(C=O)cc1Oc1ccccc1C(C)C. The van der Waals surface area contributed by atoms with Crippen LogP contribution in [-0.2, 0) is 0 Å². The number of carbonyl (C=O) groups is 1. The number of ether oxygens (including phenoxy) is 1. The zero-order valence-electron chi connectivity index (χ0n) is 11.5. The molecular formula is C17H18O2. The molecule has 0 unspecified atom stereocenters. The van der Waals surface area contributed by atoms with E-state index < -0.39 is 0 Å². The Labute approximate surface area is 114 Å². The normalized spacial score (nSPS) is 10.5. The van der Waals surface area contributed by atoms with Crippen LogP contribution in [0.25, 0.3) is 0 Å². The number of hydrogen-bond donors (Lipinski definition) is 0. The van der Waals surface area contributed by atoms with Crippen LogP contribution in [0.4, 0.5) is 0 Å². The highest BCUT2D eigenvalue weighted by Gasteiger charge is 2.09. The van der Waals surface area contributed by atoms with E-state index in [-0.39, 0.29) is 0 Å². The second-order valence-electron chi connectivity index (χ2n) is 4.94. The lowest BCUT2D eigenvalue weighted by atomic mass is 10.0. The second kappa shape index (κ2) is 5.70. The molecule has 2 aromatic carbocycles. The van der Waals surface area contributed by atoms with Crippen LogP contribution in [0, 0.1) is 6.92 Å². The van der Waals surface area contributed by atoms with Crippen molar-refractivity contribution in [1.82, 2.24) is 0 Å². The van der Waals surface area contributed by atoms with Crippen molar-refractivity contribution in [3.63, 3.8) is 0 Å². The summed E-state index contributed by atoms with van der Waals surface area (Å²) in [4.78, 5) is 10.8. The van der Waals surface area contributed by atoms with Crippen molar-refractivity contribution in [2.24, 2.45) is 0 Å². The molecule has 0 spiro atoms. The van der Waals surface area contributed by atoms with Crippen molar-refractivity contribution in [3.05, 3.63) is 59.2 Å². The average Bonchev–Trinajstić information content (AvgIpc) is 2.41. The molecule has 0 aromatic heterocycles. The van der Waals surface area contributed by atoms with Crippen LogP contribution < -0.4 is 4.74 Å². The lowest BCUT2D eigenvalue weighted by Gasteiger charge is -2.15. The van der Waals surface area contributed by atoms with Gasteiger partial charge in [0, 0.05) is 5.56 Å². The minimum absolute atomic E-state index is 0.394. The lowest BCUT2D eigenvalue weighted by molar-refractivity contribution is 0.112. The standard InChI is InChI=1S/C17H18O2/c1-12(2)15-6-4-5-7-16(15)19-17-10-14(11-18)9-8-13(17)3/h4-12H,1-3H3. The molecule has 2 rings (SSSR count). The van der Waals surface area contributed by atoms with Gasteiger partial charge in [-0.3, -0.25) is 4.79 Å². The van der Waals surface area contributed by atoms with E-state index in [9.17, 15) is 4.79 Å². The Kier molecular flexibility index (Phi) is 4.00. The van der Waals surface area contributed by atoms with Crippen molar-refractivity contribution < 1.29 is 9.53 Å². The summed E-state index contributed by atoms with van der Waals surface area (Å²) < 4.78 is 5.99. The largest absolute Gasteiger partial charge is 0.457 e. The molecule has 0 aliphatic carbocycles. The fourth-order valence-electron chi connectivity index (χ4n) is 1.97. The molecule has 2 nitrogen and oxygen atoms in total. The van der Waals surface area contributed by atoms with Gasteiger partial charge in [-0.15, -0.1) is 0 Å². The molecule has 0 N–H and O–H groups in total. The summed E-state index contributed by atoms with van der Waals surface area (Å²) in [6.07, 6.45) is 0.834. The first-order valence-corrected chi connectivity index (χ1v) is 6.44. The van der Waals surface area contributed by atoms with Crippen LogP contribution in [0.15, 0.2) is 42.5 Å². The fraction of sp³-hybridized carbons (Fsp3) is 0.235. The van der Waals surface area contributed by atoms with Crippen LogP contribution in [-0.4, -0.2) is 6.29 Å². The van der Waals surface area contributed by atoms with Gasteiger partial charge in [0.2, 0.25) is 0 Å². The monoisotopic (exact) mass is 254 g/mol. The number of hydrogen-bond acceptors (Lipinski definition) is 2. The van der Waals surface area contributed by atoms with Crippen molar-refractivity contribution in [2.45, 2.75) is 26.7 Å². The molecule has 19 heavy (non-hydrogen) atoms. The zero-order valence-corrected chi connectivity index (χ0v) is 11.5. The molecule has 0 aliphatic rings. The van der Waals surface area contributed by atoms with Crippen molar-refractivity contribution >= 4 is 6.29 Å². The van der Waals surface area contributed by atoms with Gasteiger partial charge >= 0.3 is 0 Å². The van der Waals surface area contributed by atoms with Gasteiger partial charge in [0.05, 0.1) is 0 Å². The number of carbonyl (C=O) groups excluding carboxylic acids is 1. The summed E-state index contributed by atoms with van der Waals surface area (Å²) in [6, 6.07) is 13.5. The maximum absolute atomic E-state index is 10.8. The molecule has 98 valence electrons. The van der Waals surface area contributed by atoms with E-state index in [2.05, 4.69) is 19.9 Å². The van der Waals surface area contributed by atoms with Crippen LogP contribution in [0.3, 0.4) is 0 Å². The van der Waals surface area contributed by atoms with E-state index in [4.69, 9.17) is 4.74 Å². The van der Waals surface area contributed by atoms with Gasteiger partial charge in [0.15, 0.2) is 0 Å². The molecule has 0 amide bonds. The third kappa shape index (κ3) is 3.02. The van der Waals surface area contributed by atoms with Crippen molar-refractivity contribution in [1.29, 1.82) is 0 Å². The topological polar surface area (TPSA) is 26.3 Å². The highest BCUT2D eigenvalue weighted by Crippen LogP contribution is 2.32. The lowest BCUT2D eigenvalue weighted by Crippen LogP contribution is -1.95. The van der Waals surface area contributed by atoms with Crippen LogP contribution in [0.2, 0.25) is 0 Å². The van der Waals surface area contributed by atoms with Crippen molar-refractivity contribution in [2.75, 3.05) is 0 Å². The van der Waals surface area contributed by atoms with Crippen LogP contribution in [0.1, 0.15) is 41.3 Å². The smallest absolute Gasteiger partial charge is 0.150 e. The van der Waals surface area contributed by atoms with Gasteiger partial charge in [0.1, 0.15) is 17.8 Å². The summed E-state index contributed by atoms with van der Waals surface area (Å²) in [5, 5.41) is 0. The Bertz CT molecular complexity index is 586. The molecule has 0 saturated heterocycles. The fourth-order valence-corrected chi connectivity index (χ4v) is 1.97. The number of para-hydroxylation sites is 1. The molecule has 0 fully saturated rings. The Morgan fingerprint density at radius 2 is 1.79 bits per heavy atom. The Balaban J connectivity index is 2.38. The van der Waals surface area contributed by atoms with Crippen LogP contribution >= 0.6 is 0 Å². The number of rotatable bonds is 4. The highest BCUT2D eigenvalue weighted by atomic mass is 16.5. The summed E-state index contributed by atoms with van der Waals surface area (Å²) in [5.74, 6) is 1.98. The maximum Gasteiger partial charge on any atom is 0.150 e. The quantitative estimate of drug-likeness (QED) is 0.738. The average molecular weight is 254 g/mol. The Morgan fingerprint density at radius 3 is 2.47 bits per heavy atom. The number of aldehydes is 1. The summed E-state index contributed by atoms with van der Waals surface area (Å²) >= 11 is 0. The molecule has 0 heterocycles. The van der Waals surface area contributed by atoms with E-state index >= 15 is 0 Å². The summed E-state index contributed by atoms with van der Waals surface area (Å²) in [6.45, 7) is 6.25. The summed E-state index contributed by atoms with van der Waals surface area (Å²) in [5.41, 5.74) is 2.81. The number of aryl methyl sites for hydroxylation is 1. The van der Waals surface area contributed by atoms with E-state index in [1.165, 1.54) is 5.56 Å². The second-order valence-corrected chi connectivity index (χ2v) is 4.94. The van der Waals surface area contributed by atoms with Gasteiger partial charge in [-0.1, -0.05) is 44.2 Å². The molecule has 2 heteroatoms. The van der Waals surface area contributed by atoms with E-state index in [0.717, 1.165) is 23.3 Å². The molecule has 2 aromatic rings. The molecule has 0 radical (unpaired) electrons. The van der Waals surface area contributed by atoms with Gasteiger partial charge in [-0.25, -0.2) is 0 Å². The van der Waals surface area contributed by atoms with E-state index in [1.54, 1.807) is 12.1 Å². The minimum Gasteiger partial charge on any atom is -0.457 e. The van der Waals surface area contributed by atoms with Gasteiger partial charge in [0.25, 0.3) is 0 Å². The first-order valence-electron chi connectivity index (χ1n) is 6.44. The first kappa shape index (κ1) is 13.3.